The van der Waals surface area contributed by atoms with Gasteiger partial charge >= 0.3 is 0 Å². The van der Waals surface area contributed by atoms with Crippen LogP contribution in [0.5, 0.6) is 0 Å². The number of hydrogen-bond acceptors (Lipinski definition) is 3. The molecular weight excluding hydrogens is 212 g/mol. The minimum Gasteiger partial charge on any atom is -0.384 e. The molecule has 0 bridgehead atoms. The third-order valence-electron chi connectivity index (χ3n) is 3.74. The Kier molecular flexibility index (Phi) is 2.50. The van der Waals surface area contributed by atoms with Crippen LogP contribution < -0.4 is 5.73 Å². The minimum atomic E-state index is 0.565. The van der Waals surface area contributed by atoms with Crippen LogP contribution in [0, 0.1) is 0 Å². The maximum Gasteiger partial charge on any atom is 0.162 e. The Hall–Kier alpha value is -1.58. The van der Waals surface area contributed by atoms with Crippen LogP contribution >= 0.6 is 0 Å². The van der Waals surface area contributed by atoms with Crippen LogP contribution in [-0.4, -0.2) is 14.5 Å². The van der Waals surface area contributed by atoms with Crippen LogP contribution in [0.25, 0.3) is 11.2 Å². The molecule has 90 valence electrons. The van der Waals surface area contributed by atoms with Crippen molar-refractivity contribution in [1.29, 1.82) is 0 Å². The molecule has 4 nitrogen and oxygen atoms in total. The minimum absolute atomic E-state index is 0.565. The van der Waals surface area contributed by atoms with E-state index in [9.17, 15) is 0 Å². The molecule has 2 N–H and O–H groups in total. The number of hydrogen-bond donors (Lipinski definition) is 1. The second kappa shape index (κ2) is 4.02. The lowest BCUT2D eigenvalue weighted by molar-refractivity contribution is 0.422. The van der Waals surface area contributed by atoms with E-state index in [0.717, 1.165) is 11.2 Å². The van der Waals surface area contributed by atoms with Gasteiger partial charge in [0.05, 0.1) is 0 Å². The first-order chi connectivity index (χ1) is 8.25. The molecule has 2 aromatic heterocycles. The van der Waals surface area contributed by atoms with Crippen molar-refractivity contribution >= 4 is 17.0 Å². The van der Waals surface area contributed by atoms with Crippen LogP contribution in [0.1, 0.15) is 43.8 Å². The maximum absolute atomic E-state index is 5.73. The molecule has 3 rings (SSSR count). The Bertz CT molecular complexity index is 538. The van der Waals surface area contributed by atoms with E-state index < -0.39 is 0 Å². The van der Waals surface area contributed by atoms with Gasteiger partial charge in [0, 0.05) is 13.0 Å². The summed E-state index contributed by atoms with van der Waals surface area (Å²) in [6.45, 7) is 0. The molecule has 0 spiro atoms. The molecule has 0 unspecified atom stereocenters. The number of aromatic nitrogens is 3. The number of nitrogens with zero attached hydrogens (tertiary/aromatic N) is 3. The average Bonchev–Trinajstić information content (AvgIpc) is 2.68. The summed E-state index contributed by atoms with van der Waals surface area (Å²) in [5.74, 6) is 2.35. The van der Waals surface area contributed by atoms with Crippen LogP contribution in [0.15, 0.2) is 12.1 Å². The van der Waals surface area contributed by atoms with Gasteiger partial charge in [0.1, 0.15) is 17.2 Å². The third-order valence-corrected chi connectivity index (χ3v) is 3.74. The lowest BCUT2D eigenvalue weighted by Crippen LogP contribution is -2.10. The number of nitrogens with two attached hydrogens (primary N) is 1. The number of anilines is 1. The summed E-state index contributed by atoms with van der Waals surface area (Å²) in [4.78, 5) is 9.09. The number of rotatable bonds is 1. The average molecular weight is 230 g/mol. The Labute approximate surface area is 101 Å². The van der Waals surface area contributed by atoms with E-state index in [1.807, 2.05) is 19.2 Å². The van der Waals surface area contributed by atoms with Crippen LogP contribution in [0.3, 0.4) is 0 Å². The van der Waals surface area contributed by atoms with E-state index in [1.54, 1.807) is 0 Å². The van der Waals surface area contributed by atoms with E-state index in [-0.39, 0.29) is 0 Å². The molecule has 0 aromatic carbocycles. The first kappa shape index (κ1) is 10.6. The largest absolute Gasteiger partial charge is 0.384 e. The molecule has 1 fully saturated rings. The summed E-state index contributed by atoms with van der Waals surface area (Å²) >= 11 is 0. The van der Waals surface area contributed by atoms with Crippen molar-refractivity contribution in [3.8, 4) is 0 Å². The first-order valence-electron chi connectivity index (χ1n) is 6.34. The monoisotopic (exact) mass is 230 g/mol. The topological polar surface area (TPSA) is 56.7 Å². The van der Waals surface area contributed by atoms with Crippen molar-refractivity contribution in [2.75, 3.05) is 5.73 Å². The zero-order chi connectivity index (χ0) is 11.8. The molecule has 0 atom stereocenters. The second-order valence-electron chi connectivity index (χ2n) is 4.94. The maximum atomic E-state index is 5.73. The Morgan fingerprint density at radius 3 is 2.71 bits per heavy atom. The highest BCUT2D eigenvalue weighted by atomic mass is 15.1. The molecule has 0 saturated heterocycles. The molecule has 1 aliphatic carbocycles. The fraction of sp³-hybridized carbons (Fsp3) is 0.538. The lowest BCUT2D eigenvalue weighted by atomic mass is 9.89. The molecule has 17 heavy (non-hydrogen) atoms. The fourth-order valence-corrected chi connectivity index (χ4v) is 2.82. The van der Waals surface area contributed by atoms with E-state index >= 15 is 0 Å². The highest BCUT2D eigenvalue weighted by Gasteiger charge is 2.21. The Morgan fingerprint density at radius 1 is 1.18 bits per heavy atom. The molecule has 4 heteroatoms. The smallest absolute Gasteiger partial charge is 0.162 e. The van der Waals surface area contributed by atoms with Gasteiger partial charge in [-0.2, -0.15) is 0 Å². The number of aryl methyl sites for hydroxylation is 1. The summed E-state index contributed by atoms with van der Waals surface area (Å²) in [5, 5.41) is 0. The van der Waals surface area contributed by atoms with Crippen molar-refractivity contribution in [2.24, 2.45) is 7.05 Å². The van der Waals surface area contributed by atoms with Gasteiger partial charge in [-0.1, -0.05) is 19.3 Å². The third kappa shape index (κ3) is 1.77. The fourth-order valence-electron chi connectivity index (χ4n) is 2.82. The van der Waals surface area contributed by atoms with Crippen LogP contribution in [0.2, 0.25) is 0 Å². The summed E-state index contributed by atoms with van der Waals surface area (Å²) in [6, 6.07) is 3.78. The highest BCUT2D eigenvalue weighted by Crippen LogP contribution is 2.33. The SMILES string of the molecule is Cn1c(C2CCCCC2)nc2ccc(N)nc21. The predicted octanol–water partition coefficient (Wildman–Crippen LogP) is 2.60. The van der Waals surface area contributed by atoms with Gasteiger partial charge in [-0.25, -0.2) is 9.97 Å². The van der Waals surface area contributed by atoms with Gasteiger partial charge in [-0.15, -0.1) is 0 Å². The molecule has 2 aromatic rings. The first-order valence-corrected chi connectivity index (χ1v) is 6.34. The van der Waals surface area contributed by atoms with Crippen LogP contribution in [0.4, 0.5) is 5.82 Å². The molecule has 0 aliphatic heterocycles. The zero-order valence-electron chi connectivity index (χ0n) is 10.2. The molecule has 0 amide bonds. The normalized spacial score (nSPS) is 17.7. The summed E-state index contributed by atoms with van der Waals surface area (Å²) in [7, 11) is 2.05. The summed E-state index contributed by atoms with van der Waals surface area (Å²) in [5.41, 5.74) is 7.60. The second-order valence-corrected chi connectivity index (χ2v) is 4.94. The van der Waals surface area contributed by atoms with Gasteiger partial charge in [-0.05, 0) is 25.0 Å². The van der Waals surface area contributed by atoms with Gasteiger partial charge in [0.2, 0.25) is 0 Å². The molecule has 1 saturated carbocycles. The standard InChI is InChI=1S/C13H18N4/c1-17-12(9-5-3-2-4-6-9)15-10-7-8-11(14)16-13(10)17/h7-9H,2-6H2,1H3,(H2,14,16). The van der Waals surface area contributed by atoms with Gasteiger partial charge in [0.25, 0.3) is 0 Å². The van der Waals surface area contributed by atoms with Crippen LogP contribution in [-0.2, 0) is 7.05 Å². The van der Waals surface area contributed by atoms with E-state index in [4.69, 9.17) is 10.7 Å². The van der Waals surface area contributed by atoms with E-state index in [1.165, 1.54) is 37.9 Å². The van der Waals surface area contributed by atoms with E-state index in [2.05, 4.69) is 9.55 Å². The van der Waals surface area contributed by atoms with Crippen molar-refractivity contribution < 1.29 is 0 Å². The van der Waals surface area contributed by atoms with E-state index in [0.29, 0.717) is 11.7 Å². The number of fused-ring (bicyclic) bond motifs is 1. The number of imidazole rings is 1. The van der Waals surface area contributed by atoms with Gasteiger partial charge in [-0.3, -0.25) is 0 Å². The lowest BCUT2D eigenvalue weighted by Gasteiger charge is -2.20. The number of nitrogen functional groups attached to an aromatic ring is 1. The molecule has 0 radical (unpaired) electrons. The van der Waals surface area contributed by atoms with Crippen molar-refractivity contribution in [2.45, 2.75) is 38.0 Å². The zero-order valence-corrected chi connectivity index (χ0v) is 10.2. The molecule has 2 heterocycles. The summed E-state index contributed by atoms with van der Waals surface area (Å²) < 4.78 is 2.11. The van der Waals surface area contributed by atoms with Crippen molar-refractivity contribution in [3.63, 3.8) is 0 Å². The molecule has 1 aliphatic rings. The molecular formula is C13H18N4. The Morgan fingerprint density at radius 2 is 1.94 bits per heavy atom. The van der Waals surface area contributed by atoms with Gasteiger partial charge in [0.15, 0.2) is 5.65 Å². The van der Waals surface area contributed by atoms with Gasteiger partial charge < -0.3 is 10.3 Å². The quantitative estimate of drug-likeness (QED) is 0.819. The highest BCUT2D eigenvalue weighted by molar-refractivity contribution is 5.73. The summed E-state index contributed by atoms with van der Waals surface area (Å²) in [6.07, 6.45) is 6.53. The predicted molar refractivity (Wildman–Crippen MR) is 68.7 cm³/mol. The Balaban J connectivity index is 2.07. The van der Waals surface area contributed by atoms with Crippen molar-refractivity contribution in [1.82, 2.24) is 14.5 Å². The van der Waals surface area contributed by atoms with Crippen molar-refractivity contribution in [3.05, 3.63) is 18.0 Å². The number of pyridine rings is 1.